The average Bonchev–Trinajstić information content (AvgIpc) is 2.59. The lowest BCUT2D eigenvalue weighted by Crippen LogP contribution is -2.59. The minimum atomic E-state index is -1.45. The summed E-state index contributed by atoms with van der Waals surface area (Å²) in [6, 6.07) is 7.44. The van der Waals surface area contributed by atoms with Crippen molar-refractivity contribution in [3.63, 3.8) is 0 Å². The van der Waals surface area contributed by atoms with Gasteiger partial charge in [-0.1, -0.05) is 31.2 Å². The third kappa shape index (κ3) is 4.27. The van der Waals surface area contributed by atoms with Gasteiger partial charge in [0.1, 0.15) is 24.4 Å². The van der Waals surface area contributed by atoms with Gasteiger partial charge in [0.15, 0.2) is 6.29 Å². The zero-order chi connectivity index (χ0) is 17.0. The Balaban J connectivity index is 1.94. The van der Waals surface area contributed by atoms with Gasteiger partial charge in [0.05, 0.1) is 13.2 Å². The quantitative estimate of drug-likeness (QED) is 0.459. The van der Waals surface area contributed by atoms with Gasteiger partial charge in [-0.3, -0.25) is 0 Å². The molecule has 1 fully saturated rings. The number of benzene rings is 1. The van der Waals surface area contributed by atoms with Crippen molar-refractivity contribution in [1.82, 2.24) is 0 Å². The Bertz CT molecular complexity index is 476. The predicted molar refractivity (Wildman–Crippen MR) is 80.5 cm³/mol. The van der Waals surface area contributed by atoms with Crippen molar-refractivity contribution < 1.29 is 35.0 Å². The minimum absolute atomic E-state index is 0.0513. The van der Waals surface area contributed by atoms with Crippen LogP contribution in [-0.4, -0.2) is 69.5 Å². The van der Waals surface area contributed by atoms with Crippen LogP contribution in [0.25, 0.3) is 0 Å². The molecular weight excluding hydrogens is 304 g/mol. The van der Waals surface area contributed by atoms with Gasteiger partial charge in [-0.25, -0.2) is 0 Å². The summed E-state index contributed by atoms with van der Waals surface area (Å²) in [5.74, 6) is 0.0513. The normalized spacial score (nSPS) is 32.7. The van der Waals surface area contributed by atoms with Crippen LogP contribution in [0, 0.1) is 0 Å². The van der Waals surface area contributed by atoms with E-state index in [1.807, 2.05) is 31.2 Å². The van der Waals surface area contributed by atoms with Gasteiger partial charge in [-0.15, -0.1) is 0 Å². The van der Waals surface area contributed by atoms with E-state index in [1.54, 1.807) is 0 Å². The van der Waals surface area contributed by atoms with Gasteiger partial charge in [-0.05, 0) is 11.1 Å². The smallest absolute Gasteiger partial charge is 0.187 e. The Hall–Kier alpha value is -1.06. The molecule has 1 aromatic carbocycles. The highest BCUT2D eigenvalue weighted by atomic mass is 16.7. The second kappa shape index (κ2) is 8.16. The summed E-state index contributed by atoms with van der Waals surface area (Å²) in [5, 5.41) is 47.5. The molecule has 0 amide bonds. The molecule has 0 aliphatic carbocycles. The van der Waals surface area contributed by atoms with Crippen molar-refractivity contribution in [2.75, 3.05) is 13.2 Å². The van der Waals surface area contributed by atoms with Crippen molar-refractivity contribution in [3.05, 3.63) is 35.4 Å². The van der Waals surface area contributed by atoms with Gasteiger partial charge in [0.2, 0.25) is 0 Å². The molecule has 1 aliphatic heterocycles. The van der Waals surface area contributed by atoms with Crippen LogP contribution >= 0.6 is 0 Å². The third-order valence-electron chi connectivity index (χ3n) is 4.09. The fourth-order valence-corrected chi connectivity index (χ4v) is 2.43. The Morgan fingerprint density at radius 1 is 1.04 bits per heavy atom. The monoisotopic (exact) mass is 328 g/mol. The van der Waals surface area contributed by atoms with Crippen molar-refractivity contribution in [3.8, 4) is 0 Å². The first-order valence-corrected chi connectivity index (χ1v) is 7.59. The molecule has 7 nitrogen and oxygen atoms in total. The number of hydrogen-bond donors (Lipinski definition) is 5. The van der Waals surface area contributed by atoms with E-state index < -0.39 is 37.3 Å². The molecule has 1 aliphatic rings. The summed E-state index contributed by atoms with van der Waals surface area (Å²) in [7, 11) is 0. The van der Waals surface area contributed by atoms with Crippen LogP contribution in [0.4, 0.5) is 0 Å². The zero-order valence-electron chi connectivity index (χ0n) is 12.9. The standard InChI is InChI=1S/C16H24O7/c1-9(6-17)11-4-2-10(3-5-11)8-22-16-15(21)14(20)13(19)12(7-18)23-16/h2-5,9,12-21H,6-8H2,1H3/t9-,12+,13+,14-,15+,16+/m0/s1. The first-order chi connectivity index (χ1) is 11.0. The first kappa shape index (κ1) is 18.3. The highest BCUT2D eigenvalue weighted by molar-refractivity contribution is 5.24. The van der Waals surface area contributed by atoms with E-state index in [0.29, 0.717) is 0 Å². The molecule has 1 saturated heterocycles. The highest BCUT2D eigenvalue weighted by Gasteiger charge is 2.43. The Morgan fingerprint density at radius 2 is 1.70 bits per heavy atom. The Labute approximate surface area is 134 Å². The lowest BCUT2D eigenvalue weighted by molar-refractivity contribution is -0.304. The van der Waals surface area contributed by atoms with E-state index >= 15 is 0 Å². The summed E-state index contributed by atoms with van der Waals surface area (Å²) in [6.07, 6.45) is -6.36. The van der Waals surface area contributed by atoms with Crippen LogP contribution in [0.3, 0.4) is 0 Å². The molecule has 7 heteroatoms. The zero-order valence-corrected chi connectivity index (χ0v) is 12.9. The minimum Gasteiger partial charge on any atom is -0.396 e. The third-order valence-corrected chi connectivity index (χ3v) is 4.09. The lowest BCUT2D eigenvalue weighted by atomic mass is 9.99. The summed E-state index contributed by atoms with van der Waals surface area (Å²) in [5.41, 5.74) is 1.83. The maximum Gasteiger partial charge on any atom is 0.187 e. The Kier molecular flexibility index (Phi) is 6.49. The summed E-state index contributed by atoms with van der Waals surface area (Å²) in [4.78, 5) is 0. The maximum absolute atomic E-state index is 9.88. The number of ether oxygens (including phenoxy) is 2. The molecule has 1 heterocycles. The van der Waals surface area contributed by atoms with Gasteiger partial charge in [-0.2, -0.15) is 0 Å². The van der Waals surface area contributed by atoms with Gasteiger partial charge < -0.3 is 35.0 Å². The number of hydrogen-bond acceptors (Lipinski definition) is 7. The van der Waals surface area contributed by atoms with Crippen molar-refractivity contribution >= 4 is 0 Å². The molecule has 0 bridgehead atoms. The summed E-state index contributed by atoms with van der Waals surface area (Å²) < 4.78 is 10.7. The molecule has 0 saturated carbocycles. The van der Waals surface area contributed by atoms with E-state index in [4.69, 9.17) is 19.7 Å². The topological polar surface area (TPSA) is 120 Å². The lowest BCUT2D eigenvalue weighted by Gasteiger charge is -2.39. The van der Waals surface area contributed by atoms with Crippen LogP contribution in [0.15, 0.2) is 24.3 Å². The van der Waals surface area contributed by atoms with Crippen LogP contribution in [0.1, 0.15) is 24.0 Å². The molecule has 2 rings (SSSR count). The summed E-state index contributed by atoms with van der Waals surface area (Å²) in [6.45, 7) is 1.63. The first-order valence-electron chi connectivity index (χ1n) is 7.59. The van der Waals surface area contributed by atoms with Gasteiger partial charge in [0, 0.05) is 12.5 Å². The average molecular weight is 328 g/mol. The molecule has 0 radical (unpaired) electrons. The maximum atomic E-state index is 9.88. The second-order valence-corrected chi connectivity index (χ2v) is 5.83. The van der Waals surface area contributed by atoms with Crippen molar-refractivity contribution in [2.24, 2.45) is 0 Å². The number of aliphatic hydroxyl groups is 5. The largest absolute Gasteiger partial charge is 0.396 e. The molecule has 1 aromatic rings. The Morgan fingerprint density at radius 3 is 2.26 bits per heavy atom. The van der Waals surface area contributed by atoms with E-state index in [0.717, 1.165) is 11.1 Å². The van der Waals surface area contributed by atoms with Crippen molar-refractivity contribution in [2.45, 2.75) is 50.2 Å². The molecule has 0 spiro atoms. The second-order valence-electron chi connectivity index (χ2n) is 5.83. The van der Waals surface area contributed by atoms with E-state index in [1.165, 1.54) is 0 Å². The highest BCUT2D eigenvalue weighted by Crippen LogP contribution is 2.23. The van der Waals surface area contributed by atoms with Crippen molar-refractivity contribution in [1.29, 1.82) is 0 Å². The number of rotatable bonds is 6. The fraction of sp³-hybridized carbons (Fsp3) is 0.625. The SMILES string of the molecule is C[C@@H](CO)c1ccc(CO[C@@H]2O[C@H](CO)[C@@H](O)[C@H](O)[C@H]2O)cc1. The predicted octanol–water partition coefficient (Wildman–Crippen LogP) is -0.901. The van der Waals surface area contributed by atoms with Crippen LogP contribution in [0.5, 0.6) is 0 Å². The van der Waals surface area contributed by atoms with Crippen LogP contribution in [0.2, 0.25) is 0 Å². The van der Waals surface area contributed by atoms with Gasteiger partial charge in [0.25, 0.3) is 0 Å². The fourth-order valence-electron chi connectivity index (χ4n) is 2.43. The molecule has 0 unspecified atom stereocenters. The van der Waals surface area contributed by atoms with E-state index in [2.05, 4.69) is 0 Å². The van der Waals surface area contributed by atoms with E-state index in [9.17, 15) is 15.3 Å². The van der Waals surface area contributed by atoms with E-state index in [-0.39, 0.29) is 19.1 Å². The van der Waals surface area contributed by atoms with Crippen LogP contribution in [-0.2, 0) is 16.1 Å². The molecule has 23 heavy (non-hydrogen) atoms. The van der Waals surface area contributed by atoms with Crippen LogP contribution < -0.4 is 0 Å². The molecule has 6 atom stereocenters. The molecular formula is C16H24O7. The molecule has 130 valence electrons. The number of aliphatic hydroxyl groups excluding tert-OH is 5. The molecule has 0 aromatic heterocycles. The van der Waals surface area contributed by atoms with Gasteiger partial charge >= 0.3 is 0 Å². The summed E-state index contributed by atoms with van der Waals surface area (Å²) >= 11 is 0. The molecule has 5 N–H and O–H groups in total.